The minimum atomic E-state index is -0.718. The first kappa shape index (κ1) is 33.1. The standard InChI is InChI=1S/C44H38N2O9/c1-45-39-26(9-7-22-15-33-35(17-28(22)39)54-20-52-33)24-11-13-31(48-3)43(50-5)37(24)41(45)30(19-47)42-38-25(12-14-32(49-4)44(38)51-6)27-10-8-23-16-34-36(55-21-53-34)18-29(23)40(27)46(42)2/h7-19,30,41-42H,20-21H2,1-6H3. The molecule has 0 aliphatic carbocycles. The Kier molecular flexibility index (Phi) is 7.39. The van der Waals surface area contributed by atoms with Crippen molar-refractivity contribution in [3.05, 3.63) is 83.9 Å². The van der Waals surface area contributed by atoms with E-state index in [1.54, 1.807) is 28.4 Å². The molecule has 11 heteroatoms. The molecule has 4 heterocycles. The molecule has 0 radical (unpaired) electrons. The molecule has 0 saturated heterocycles. The predicted octanol–water partition coefficient (Wildman–Crippen LogP) is 8.32. The molecule has 0 bridgehead atoms. The third-order valence-electron chi connectivity index (χ3n) is 11.7. The van der Waals surface area contributed by atoms with Crippen LogP contribution in [0.5, 0.6) is 46.0 Å². The molecule has 6 aromatic rings. The van der Waals surface area contributed by atoms with Gasteiger partial charge in [0.05, 0.1) is 57.8 Å². The number of nitrogens with zero attached hydrogens (tertiary/aromatic N) is 2. The highest BCUT2D eigenvalue weighted by Crippen LogP contribution is 2.61. The molecule has 0 saturated carbocycles. The van der Waals surface area contributed by atoms with E-state index in [1.165, 1.54) is 0 Å². The Morgan fingerprint density at radius 2 is 0.964 bits per heavy atom. The third-order valence-corrected chi connectivity index (χ3v) is 11.7. The highest BCUT2D eigenvalue weighted by Gasteiger charge is 2.47. The van der Waals surface area contributed by atoms with E-state index in [-0.39, 0.29) is 13.6 Å². The van der Waals surface area contributed by atoms with E-state index in [9.17, 15) is 4.79 Å². The van der Waals surface area contributed by atoms with Crippen molar-refractivity contribution >= 4 is 39.2 Å². The number of ether oxygens (including phenoxy) is 8. The van der Waals surface area contributed by atoms with Crippen molar-refractivity contribution in [2.75, 3.05) is 65.9 Å². The number of methoxy groups -OCH3 is 4. The van der Waals surface area contributed by atoms with Gasteiger partial charge in [0.25, 0.3) is 0 Å². The summed E-state index contributed by atoms with van der Waals surface area (Å²) < 4.78 is 47.5. The summed E-state index contributed by atoms with van der Waals surface area (Å²) in [4.78, 5) is 18.7. The number of aldehydes is 1. The van der Waals surface area contributed by atoms with Crippen molar-refractivity contribution in [1.82, 2.24) is 0 Å². The molecule has 6 aromatic carbocycles. The van der Waals surface area contributed by atoms with Gasteiger partial charge < -0.3 is 52.5 Å². The molecule has 0 amide bonds. The molecule has 0 aromatic heterocycles. The summed E-state index contributed by atoms with van der Waals surface area (Å²) in [6.07, 6.45) is 1.07. The van der Waals surface area contributed by atoms with Crippen LogP contribution >= 0.6 is 0 Å². The molecule has 55 heavy (non-hydrogen) atoms. The number of anilines is 2. The van der Waals surface area contributed by atoms with Crippen LogP contribution in [0.3, 0.4) is 0 Å². The van der Waals surface area contributed by atoms with Crippen LogP contribution in [-0.2, 0) is 4.79 Å². The summed E-state index contributed by atoms with van der Waals surface area (Å²) in [5.41, 5.74) is 7.49. The second-order valence-electron chi connectivity index (χ2n) is 14.1. The molecule has 0 spiro atoms. The van der Waals surface area contributed by atoms with Crippen LogP contribution in [0.15, 0.2) is 72.8 Å². The minimum Gasteiger partial charge on any atom is -0.493 e. The Morgan fingerprint density at radius 1 is 0.564 bits per heavy atom. The molecule has 4 aliphatic heterocycles. The summed E-state index contributed by atoms with van der Waals surface area (Å²) in [6, 6.07) is 23.4. The Morgan fingerprint density at radius 3 is 1.35 bits per heavy atom. The zero-order valence-electron chi connectivity index (χ0n) is 31.2. The molecule has 4 aliphatic rings. The first-order chi connectivity index (χ1) is 26.9. The van der Waals surface area contributed by atoms with Crippen molar-refractivity contribution in [1.29, 1.82) is 0 Å². The van der Waals surface area contributed by atoms with E-state index in [0.717, 1.165) is 72.6 Å². The molecule has 10 rings (SSSR count). The number of hydrogen-bond donors (Lipinski definition) is 0. The molecule has 11 nitrogen and oxygen atoms in total. The van der Waals surface area contributed by atoms with Gasteiger partial charge in [-0.25, -0.2) is 0 Å². The average Bonchev–Trinajstić information content (AvgIpc) is 3.88. The average molecular weight is 739 g/mol. The van der Waals surface area contributed by atoms with E-state index in [4.69, 9.17) is 37.9 Å². The lowest BCUT2D eigenvalue weighted by Crippen LogP contribution is -2.43. The van der Waals surface area contributed by atoms with Gasteiger partial charge >= 0.3 is 0 Å². The number of carbonyl (C=O) groups excluding carboxylic acids is 1. The zero-order chi connectivity index (χ0) is 37.7. The number of carbonyl (C=O) groups is 1. The van der Waals surface area contributed by atoms with Gasteiger partial charge in [0, 0.05) is 47.1 Å². The fourth-order valence-electron chi connectivity index (χ4n) is 9.44. The van der Waals surface area contributed by atoms with Gasteiger partial charge in [-0.05, 0) is 70.4 Å². The van der Waals surface area contributed by atoms with Crippen molar-refractivity contribution in [3.8, 4) is 68.2 Å². The lowest BCUT2D eigenvalue weighted by molar-refractivity contribution is -0.112. The largest absolute Gasteiger partial charge is 0.493 e. The van der Waals surface area contributed by atoms with Crippen molar-refractivity contribution in [2.24, 2.45) is 5.92 Å². The molecular formula is C44H38N2O9. The minimum absolute atomic E-state index is 0.163. The van der Waals surface area contributed by atoms with Crippen LogP contribution in [-0.4, -0.2) is 62.4 Å². The topological polar surface area (TPSA) is 97.4 Å². The second-order valence-corrected chi connectivity index (χ2v) is 14.1. The Hall–Kier alpha value is -6.49. The lowest BCUT2D eigenvalue weighted by atomic mass is 9.73. The van der Waals surface area contributed by atoms with Gasteiger partial charge in [-0.2, -0.15) is 0 Å². The number of fused-ring (bicyclic) bond motifs is 12. The molecule has 278 valence electrons. The predicted molar refractivity (Wildman–Crippen MR) is 209 cm³/mol. The normalized spacial score (nSPS) is 17.6. The first-order valence-electron chi connectivity index (χ1n) is 18.0. The molecule has 0 N–H and O–H groups in total. The zero-order valence-corrected chi connectivity index (χ0v) is 31.2. The molecular weight excluding hydrogens is 700 g/mol. The third kappa shape index (κ3) is 4.52. The maximum absolute atomic E-state index is 14.3. The number of benzene rings is 6. The summed E-state index contributed by atoms with van der Waals surface area (Å²) in [5, 5.41) is 3.93. The van der Waals surface area contributed by atoms with Crippen molar-refractivity contribution < 1.29 is 42.7 Å². The second kappa shape index (κ2) is 12.3. The van der Waals surface area contributed by atoms with Crippen LogP contribution in [0, 0.1) is 5.92 Å². The summed E-state index contributed by atoms with van der Waals surface area (Å²) in [7, 11) is 10.6. The van der Waals surface area contributed by atoms with Crippen molar-refractivity contribution in [3.63, 3.8) is 0 Å². The van der Waals surface area contributed by atoms with E-state index >= 15 is 0 Å². The monoisotopic (exact) mass is 738 g/mol. The SMILES string of the molecule is COc1ccc2c(c1OC)C(C(C=O)C1c3c(ccc(OC)c3OC)-c3ccc4cc5c(cc4c3N1C)OCO5)N(C)c1c-2ccc2cc3c(cc12)OCO3. The maximum atomic E-state index is 14.3. The van der Waals surface area contributed by atoms with Crippen LogP contribution in [0.25, 0.3) is 43.8 Å². The highest BCUT2D eigenvalue weighted by molar-refractivity contribution is 6.08. The van der Waals surface area contributed by atoms with Gasteiger partial charge in [-0.15, -0.1) is 0 Å². The Labute approximate surface area is 317 Å². The smallest absolute Gasteiger partial charge is 0.231 e. The van der Waals surface area contributed by atoms with Gasteiger partial charge in [-0.1, -0.05) is 24.3 Å². The van der Waals surface area contributed by atoms with Gasteiger partial charge in [0.15, 0.2) is 46.0 Å². The van der Waals surface area contributed by atoms with E-state index in [2.05, 4.69) is 46.2 Å². The van der Waals surface area contributed by atoms with Crippen LogP contribution < -0.4 is 47.7 Å². The van der Waals surface area contributed by atoms with Gasteiger partial charge in [0.2, 0.25) is 13.6 Å². The maximum Gasteiger partial charge on any atom is 0.231 e. The Bertz CT molecular complexity index is 2430. The van der Waals surface area contributed by atoms with Crippen LogP contribution in [0.2, 0.25) is 0 Å². The fourth-order valence-corrected chi connectivity index (χ4v) is 9.44. The molecule has 2 atom stereocenters. The van der Waals surface area contributed by atoms with Crippen LogP contribution in [0.1, 0.15) is 23.2 Å². The van der Waals surface area contributed by atoms with E-state index < -0.39 is 18.0 Å². The van der Waals surface area contributed by atoms with E-state index in [1.807, 2.05) is 50.5 Å². The van der Waals surface area contributed by atoms with Gasteiger partial charge in [-0.3, -0.25) is 0 Å². The summed E-state index contributed by atoms with van der Waals surface area (Å²) >= 11 is 0. The molecule has 2 unspecified atom stereocenters. The lowest BCUT2D eigenvalue weighted by Gasteiger charge is -2.48. The van der Waals surface area contributed by atoms with Crippen LogP contribution in [0.4, 0.5) is 11.4 Å². The molecule has 0 fully saturated rings. The number of rotatable bonds is 7. The highest BCUT2D eigenvalue weighted by atomic mass is 16.7. The Balaban J connectivity index is 1.26. The summed E-state index contributed by atoms with van der Waals surface area (Å²) in [6.45, 7) is 0.326. The first-order valence-corrected chi connectivity index (χ1v) is 18.0. The van der Waals surface area contributed by atoms with Crippen molar-refractivity contribution in [2.45, 2.75) is 12.1 Å². The quantitative estimate of drug-likeness (QED) is 0.148. The summed E-state index contributed by atoms with van der Waals surface area (Å²) in [5.74, 6) is 4.32. The fraction of sp³-hybridized carbons (Fsp3) is 0.250. The van der Waals surface area contributed by atoms with Gasteiger partial charge in [0.1, 0.15) is 6.29 Å². The van der Waals surface area contributed by atoms with E-state index in [0.29, 0.717) is 46.0 Å². The number of hydrogen-bond acceptors (Lipinski definition) is 11.